The molecule has 0 aliphatic carbocycles. The molecular weight excluding hydrogens is 292 g/mol. The van der Waals surface area contributed by atoms with Crippen LogP contribution in [0, 0.1) is 5.92 Å². The van der Waals surface area contributed by atoms with Gasteiger partial charge in [-0.25, -0.2) is 4.98 Å². The number of amides is 2. The summed E-state index contributed by atoms with van der Waals surface area (Å²) in [6, 6.07) is 0. The molecule has 2 amide bonds. The second-order valence-electron chi connectivity index (χ2n) is 4.92. The Morgan fingerprint density at radius 2 is 1.86 bits per heavy atom. The molecule has 0 atom stereocenters. The summed E-state index contributed by atoms with van der Waals surface area (Å²) in [7, 11) is 1.48. The molecule has 9 nitrogen and oxygen atoms in total. The number of aromatic hydroxyl groups is 2. The number of carbonyl (C=O) groups is 2. The van der Waals surface area contributed by atoms with Gasteiger partial charge < -0.3 is 25.6 Å². The fourth-order valence-corrected chi connectivity index (χ4v) is 1.43. The molecule has 1 aromatic heterocycles. The standard InChI is InChI=1S/C13H20N4O5/c1-7(2)6-15-11(19)8-9(18)12(20)17-10(16-8)13(21)14-4-5-22-3/h7,18H,4-6H2,1-3H3,(H,14,21)(H,15,19)(H,16,17,20). The summed E-state index contributed by atoms with van der Waals surface area (Å²) in [6.07, 6.45) is 0. The lowest BCUT2D eigenvalue weighted by molar-refractivity contribution is 0.0922. The van der Waals surface area contributed by atoms with Gasteiger partial charge in [0.05, 0.1) is 6.61 Å². The smallest absolute Gasteiger partial charge is 0.289 e. The van der Waals surface area contributed by atoms with E-state index < -0.39 is 35.0 Å². The first-order valence-electron chi connectivity index (χ1n) is 6.72. The predicted molar refractivity (Wildman–Crippen MR) is 76.7 cm³/mol. The molecule has 0 aliphatic rings. The number of methoxy groups -OCH3 is 1. The molecule has 0 spiro atoms. The van der Waals surface area contributed by atoms with E-state index in [0.29, 0.717) is 6.54 Å². The quantitative estimate of drug-likeness (QED) is 0.506. The zero-order valence-corrected chi connectivity index (χ0v) is 12.7. The predicted octanol–water partition coefficient (Wildman–Crippen LogP) is -0.350. The van der Waals surface area contributed by atoms with Crippen LogP contribution in [-0.4, -0.2) is 58.8 Å². The third-order valence-corrected chi connectivity index (χ3v) is 2.55. The minimum Gasteiger partial charge on any atom is -0.501 e. The summed E-state index contributed by atoms with van der Waals surface area (Å²) in [4.78, 5) is 30.9. The second kappa shape index (κ2) is 8.13. The molecular formula is C13H20N4O5. The van der Waals surface area contributed by atoms with E-state index >= 15 is 0 Å². The SMILES string of the molecule is COCCNC(=O)c1nc(O)c(O)c(C(=O)NCC(C)C)n1. The summed E-state index contributed by atoms with van der Waals surface area (Å²) >= 11 is 0. The van der Waals surface area contributed by atoms with Gasteiger partial charge in [-0.05, 0) is 5.92 Å². The highest BCUT2D eigenvalue weighted by Gasteiger charge is 2.22. The Kier molecular flexibility index (Phi) is 6.51. The van der Waals surface area contributed by atoms with Crippen molar-refractivity contribution in [2.75, 3.05) is 26.8 Å². The van der Waals surface area contributed by atoms with Gasteiger partial charge in [-0.15, -0.1) is 0 Å². The fourth-order valence-electron chi connectivity index (χ4n) is 1.43. The van der Waals surface area contributed by atoms with E-state index in [0.717, 1.165) is 0 Å². The van der Waals surface area contributed by atoms with Gasteiger partial charge in [-0.2, -0.15) is 4.98 Å². The number of nitrogens with one attached hydrogen (secondary N) is 2. The molecule has 4 N–H and O–H groups in total. The maximum absolute atomic E-state index is 11.9. The average Bonchev–Trinajstić information content (AvgIpc) is 2.47. The van der Waals surface area contributed by atoms with Gasteiger partial charge in [-0.3, -0.25) is 9.59 Å². The molecule has 1 heterocycles. The highest BCUT2D eigenvalue weighted by Crippen LogP contribution is 2.25. The molecule has 122 valence electrons. The van der Waals surface area contributed by atoms with Crippen molar-refractivity contribution in [2.24, 2.45) is 5.92 Å². The minimum atomic E-state index is -0.832. The van der Waals surface area contributed by atoms with Gasteiger partial charge in [0, 0.05) is 20.2 Å². The third kappa shape index (κ3) is 4.85. The maximum atomic E-state index is 11.9. The van der Waals surface area contributed by atoms with Gasteiger partial charge in [0.15, 0.2) is 5.69 Å². The topological polar surface area (TPSA) is 134 Å². The lowest BCUT2D eigenvalue weighted by Gasteiger charge is -2.10. The van der Waals surface area contributed by atoms with Gasteiger partial charge in [0.2, 0.25) is 11.6 Å². The summed E-state index contributed by atoms with van der Waals surface area (Å²) in [5, 5.41) is 24.2. The molecule has 1 rings (SSSR count). The van der Waals surface area contributed by atoms with E-state index in [1.807, 2.05) is 13.8 Å². The Labute approximate surface area is 127 Å². The van der Waals surface area contributed by atoms with Crippen LogP contribution < -0.4 is 10.6 Å². The van der Waals surface area contributed by atoms with Crippen molar-refractivity contribution in [1.29, 1.82) is 0 Å². The van der Waals surface area contributed by atoms with Gasteiger partial charge in [0.25, 0.3) is 17.7 Å². The van der Waals surface area contributed by atoms with E-state index in [-0.39, 0.29) is 19.1 Å². The first kappa shape index (κ1) is 17.6. The molecule has 0 aromatic carbocycles. The molecule has 0 bridgehead atoms. The van der Waals surface area contributed by atoms with Crippen LogP contribution in [0.1, 0.15) is 35.0 Å². The zero-order chi connectivity index (χ0) is 16.7. The molecule has 0 saturated heterocycles. The number of nitrogens with zero attached hydrogens (tertiary/aromatic N) is 2. The summed E-state index contributed by atoms with van der Waals surface area (Å²) < 4.78 is 4.78. The number of aromatic nitrogens is 2. The largest absolute Gasteiger partial charge is 0.501 e. The van der Waals surface area contributed by atoms with Gasteiger partial charge in [0.1, 0.15) is 0 Å². The van der Waals surface area contributed by atoms with Gasteiger partial charge >= 0.3 is 0 Å². The van der Waals surface area contributed by atoms with Crippen LogP contribution in [0.4, 0.5) is 0 Å². The minimum absolute atomic E-state index is 0.193. The van der Waals surface area contributed by atoms with E-state index in [4.69, 9.17) is 4.74 Å². The summed E-state index contributed by atoms with van der Waals surface area (Å²) in [5.74, 6) is -3.21. The van der Waals surface area contributed by atoms with Crippen molar-refractivity contribution in [3.05, 3.63) is 11.5 Å². The number of ether oxygens (including phenoxy) is 1. The Hall–Kier alpha value is -2.42. The molecule has 9 heteroatoms. The van der Waals surface area contributed by atoms with Crippen molar-refractivity contribution in [3.8, 4) is 11.6 Å². The number of rotatable bonds is 7. The first-order valence-corrected chi connectivity index (χ1v) is 6.72. The highest BCUT2D eigenvalue weighted by molar-refractivity contribution is 5.97. The fraction of sp³-hybridized carbons (Fsp3) is 0.538. The third-order valence-electron chi connectivity index (χ3n) is 2.55. The molecule has 0 radical (unpaired) electrons. The van der Waals surface area contributed by atoms with E-state index in [2.05, 4.69) is 20.6 Å². The van der Waals surface area contributed by atoms with E-state index in [1.165, 1.54) is 7.11 Å². The Morgan fingerprint density at radius 3 is 2.45 bits per heavy atom. The lowest BCUT2D eigenvalue weighted by Crippen LogP contribution is -2.31. The van der Waals surface area contributed by atoms with Crippen LogP contribution in [0.3, 0.4) is 0 Å². The maximum Gasteiger partial charge on any atom is 0.289 e. The average molecular weight is 312 g/mol. The van der Waals surface area contributed by atoms with Crippen molar-refractivity contribution >= 4 is 11.8 Å². The lowest BCUT2D eigenvalue weighted by atomic mass is 10.2. The van der Waals surface area contributed by atoms with Crippen molar-refractivity contribution < 1.29 is 24.5 Å². The molecule has 0 aliphatic heterocycles. The molecule has 22 heavy (non-hydrogen) atoms. The van der Waals surface area contributed by atoms with Crippen LogP contribution in [0.15, 0.2) is 0 Å². The van der Waals surface area contributed by atoms with Crippen LogP contribution in [0.5, 0.6) is 11.6 Å². The Morgan fingerprint density at radius 1 is 1.18 bits per heavy atom. The number of carbonyl (C=O) groups excluding carboxylic acids is 2. The van der Waals surface area contributed by atoms with Crippen molar-refractivity contribution in [3.63, 3.8) is 0 Å². The van der Waals surface area contributed by atoms with Gasteiger partial charge in [-0.1, -0.05) is 13.8 Å². The Bertz CT molecular complexity index is 547. The normalized spacial score (nSPS) is 10.5. The van der Waals surface area contributed by atoms with Crippen LogP contribution in [0.2, 0.25) is 0 Å². The van der Waals surface area contributed by atoms with E-state index in [9.17, 15) is 19.8 Å². The first-order chi connectivity index (χ1) is 10.4. The van der Waals surface area contributed by atoms with Crippen molar-refractivity contribution in [1.82, 2.24) is 20.6 Å². The summed E-state index contributed by atoms with van der Waals surface area (Å²) in [5.41, 5.74) is -0.454. The van der Waals surface area contributed by atoms with Crippen LogP contribution in [0.25, 0.3) is 0 Å². The van der Waals surface area contributed by atoms with Crippen molar-refractivity contribution in [2.45, 2.75) is 13.8 Å². The molecule has 0 saturated carbocycles. The Balaban J connectivity index is 2.94. The molecule has 0 fully saturated rings. The molecule has 0 unspecified atom stereocenters. The second-order valence-corrected chi connectivity index (χ2v) is 4.92. The number of hydrogen-bond acceptors (Lipinski definition) is 7. The monoisotopic (exact) mass is 312 g/mol. The number of hydrogen-bond donors (Lipinski definition) is 4. The van der Waals surface area contributed by atoms with Crippen LogP contribution >= 0.6 is 0 Å². The highest BCUT2D eigenvalue weighted by atomic mass is 16.5. The zero-order valence-electron chi connectivity index (χ0n) is 12.7. The summed E-state index contributed by atoms with van der Waals surface area (Å²) in [6.45, 7) is 4.66. The molecule has 1 aromatic rings. The van der Waals surface area contributed by atoms with Crippen LogP contribution in [-0.2, 0) is 4.74 Å². The van der Waals surface area contributed by atoms with E-state index in [1.54, 1.807) is 0 Å².